The molecule has 0 saturated carbocycles. The van der Waals surface area contributed by atoms with Crippen LogP contribution in [0.25, 0.3) is 0 Å². The van der Waals surface area contributed by atoms with Crippen molar-refractivity contribution in [2.24, 2.45) is 0 Å². The predicted molar refractivity (Wildman–Crippen MR) is 66.3 cm³/mol. The van der Waals surface area contributed by atoms with Gasteiger partial charge >= 0.3 is 0 Å². The molecule has 1 aromatic heterocycles. The number of nitrogen functional groups attached to an aromatic ring is 1. The summed E-state index contributed by atoms with van der Waals surface area (Å²) in [6.45, 7) is 4.31. The van der Waals surface area contributed by atoms with Crippen LogP contribution < -0.4 is 11.1 Å². The summed E-state index contributed by atoms with van der Waals surface area (Å²) < 4.78 is 0. The van der Waals surface area contributed by atoms with E-state index in [9.17, 15) is 0 Å². The molecule has 1 aromatic rings. The second-order valence-electron chi connectivity index (χ2n) is 3.61. The molecule has 0 radical (unpaired) electrons. The first kappa shape index (κ1) is 12.1. The highest BCUT2D eigenvalue weighted by atomic mass is 35.5. The molecular weight excluding hydrogens is 210 g/mol. The van der Waals surface area contributed by atoms with E-state index in [0.717, 1.165) is 19.3 Å². The molecule has 1 heterocycles. The van der Waals surface area contributed by atoms with Crippen molar-refractivity contribution < 1.29 is 0 Å². The number of halogens is 1. The maximum absolute atomic E-state index is 5.81. The molecule has 0 fully saturated rings. The van der Waals surface area contributed by atoms with Crippen molar-refractivity contribution in [2.75, 3.05) is 11.1 Å². The lowest BCUT2D eigenvalue weighted by Crippen LogP contribution is -2.19. The molecule has 1 atom stereocenters. The van der Waals surface area contributed by atoms with E-state index in [1.54, 1.807) is 12.1 Å². The van der Waals surface area contributed by atoms with E-state index < -0.39 is 0 Å². The summed E-state index contributed by atoms with van der Waals surface area (Å²) in [6.07, 6.45) is 3.32. The van der Waals surface area contributed by atoms with Crippen LogP contribution in [0, 0.1) is 0 Å². The van der Waals surface area contributed by atoms with Crippen molar-refractivity contribution in [2.45, 2.75) is 39.2 Å². The van der Waals surface area contributed by atoms with Gasteiger partial charge in [-0.2, -0.15) is 0 Å². The van der Waals surface area contributed by atoms with Gasteiger partial charge in [0.05, 0.1) is 5.69 Å². The van der Waals surface area contributed by atoms with Gasteiger partial charge < -0.3 is 11.1 Å². The Kier molecular flexibility index (Phi) is 4.69. The van der Waals surface area contributed by atoms with E-state index >= 15 is 0 Å². The number of pyridine rings is 1. The highest BCUT2D eigenvalue weighted by Gasteiger charge is 2.08. The number of rotatable bonds is 5. The molecule has 0 aromatic carbocycles. The minimum Gasteiger partial charge on any atom is -0.396 e. The van der Waals surface area contributed by atoms with Gasteiger partial charge in [-0.05, 0) is 25.0 Å². The summed E-state index contributed by atoms with van der Waals surface area (Å²) >= 11 is 5.81. The fourth-order valence-electron chi connectivity index (χ4n) is 1.48. The molecule has 0 saturated heterocycles. The Labute approximate surface area is 96.0 Å². The highest BCUT2D eigenvalue weighted by molar-refractivity contribution is 6.29. The van der Waals surface area contributed by atoms with Crippen LogP contribution >= 0.6 is 11.6 Å². The maximum Gasteiger partial charge on any atom is 0.151 e. The van der Waals surface area contributed by atoms with E-state index in [0.29, 0.717) is 22.7 Å². The van der Waals surface area contributed by atoms with E-state index in [2.05, 4.69) is 24.1 Å². The second kappa shape index (κ2) is 5.81. The van der Waals surface area contributed by atoms with Crippen molar-refractivity contribution >= 4 is 23.1 Å². The molecule has 84 valence electrons. The van der Waals surface area contributed by atoms with Crippen LogP contribution in [0.1, 0.15) is 33.1 Å². The minimum atomic E-state index is 0.420. The van der Waals surface area contributed by atoms with Gasteiger partial charge in [0, 0.05) is 6.04 Å². The third-order valence-corrected chi connectivity index (χ3v) is 2.57. The summed E-state index contributed by atoms with van der Waals surface area (Å²) in [5.74, 6) is 0.697. The van der Waals surface area contributed by atoms with E-state index in [1.807, 2.05) is 0 Å². The average molecular weight is 228 g/mol. The Morgan fingerprint density at radius 2 is 2.20 bits per heavy atom. The van der Waals surface area contributed by atoms with Gasteiger partial charge in [0.15, 0.2) is 5.82 Å². The van der Waals surface area contributed by atoms with Crippen molar-refractivity contribution in [3.63, 3.8) is 0 Å². The van der Waals surface area contributed by atoms with Crippen LogP contribution in [0.4, 0.5) is 11.5 Å². The van der Waals surface area contributed by atoms with E-state index in [1.165, 1.54) is 0 Å². The Morgan fingerprint density at radius 1 is 1.47 bits per heavy atom. The molecule has 0 amide bonds. The van der Waals surface area contributed by atoms with Crippen molar-refractivity contribution in [1.82, 2.24) is 4.98 Å². The lowest BCUT2D eigenvalue weighted by atomic mass is 10.1. The molecule has 15 heavy (non-hydrogen) atoms. The number of hydrogen-bond acceptors (Lipinski definition) is 3. The molecule has 3 N–H and O–H groups in total. The molecule has 0 aliphatic heterocycles. The monoisotopic (exact) mass is 227 g/mol. The van der Waals surface area contributed by atoms with Crippen molar-refractivity contribution in [1.29, 1.82) is 0 Å². The zero-order valence-corrected chi connectivity index (χ0v) is 10.0. The fraction of sp³-hybridized carbons (Fsp3) is 0.545. The molecule has 0 aliphatic carbocycles. The molecule has 1 rings (SSSR count). The number of aromatic nitrogens is 1. The number of anilines is 2. The quantitative estimate of drug-likeness (QED) is 0.759. The summed E-state index contributed by atoms with van der Waals surface area (Å²) in [7, 11) is 0. The number of nitrogens with one attached hydrogen (secondary N) is 1. The molecule has 4 heteroatoms. The van der Waals surface area contributed by atoms with Gasteiger partial charge in [0.25, 0.3) is 0 Å². The van der Waals surface area contributed by atoms with Gasteiger partial charge in [-0.15, -0.1) is 0 Å². The zero-order chi connectivity index (χ0) is 11.3. The molecule has 0 bridgehead atoms. The Hall–Kier alpha value is -0.960. The zero-order valence-electron chi connectivity index (χ0n) is 9.26. The summed E-state index contributed by atoms with van der Waals surface area (Å²) in [4.78, 5) is 4.17. The Balaban J connectivity index is 2.73. The predicted octanol–water partition coefficient (Wildman–Crippen LogP) is 3.31. The summed E-state index contributed by atoms with van der Waals surface area (Å²) in [6, 6.07) is 3.89. The van der Waals surface area contributed by atoms with Crippen LogP contribution in [0.15, 0.2) is 12.1 Å². The first-order chi connectivity index (χ1) is 7.17. The normalized spacial score (nSPS) is 12.5. The molecule has 0 spiro atoms. The third-order valence-electron chi connectivity index (χ3n) is 2.36. The minimum absolute atomic E-state index is 0.420. The lowest BCUT2D eigenvalue weighted by molar-refractivity contribution is 0.621. The average Bonchev–Trinajstić information content (AvgIpc) is 2.22. The largest absolute Gasteiger partial charge is 0.396 e. The van der Waals surface area contributed by atoms with E-state index in [4.69, 9.17) is 17.3 Å². The van der Waals surface area contributed by atoms with Gasteiger partial charge in [0.2, 0.25) is 0 Å². The smallest absolute Gasteiger partial charge is 0.151 e. The third kappa shape index (κ3) is 3.59. The summed E-state index contributed by atoms with van der Waals surface area (Å²) in [5.41, 5.74) is 6.45. The first-order valence-electron chi connectivity index (χ1n) is 5.35. The highest BCUT2D eigenvalue weighted by Crippen LogP contribution is 2.20. The Bertz CT molecular complexity index is 315. The standard InChI is InChI=1S/C11H18ClN3/c1-3-5-8(4-2)14-11-9(13)6-7-10(12)15-11/h6-8H,3-5,13H2,1-2H3,(H,14,15)/t8-/m1/s1. The van der Waals surface area contributed by atoms with Gasteiger partial charge in [-0.1, -0.05) is 31.9 Å². The number of nitrogens with two attached hydrogens (primary N) is 1. The topological polar surface area (TPSA) is 50.9 Å². The van der Waals surface area contributed by atoms with Crippen LogP contribution in [-0.4, -0.2) is 11.0 Å². The van der Waals surface area contributed by atoms with Crippen LogP contribution in [0.2, 0.25) is 5.15 Å². The maximum atomic E-state index is 5.81. The SMILES string of the molecule is CCC[C@@H](CC)Nc1nc(Cl)ccc1N. The van der Waals surface area contributed by atoms with Crippen LogP contribution in [0.3, 0.4) is 0 Å². The number of nitrogens with zero attached hydrogens (tertiary/aromatic N) is 1. The Morgan fingerprint density at radius 3 is 2.80 bits per heavy atom. The molecule has 0 unspecified atom stereocenters. The van der Waals surface area contributed by atoms with Crippen LogP contribution in [0.5, 0.6) is 0 Å². The van der Waals surface area contributed by atoms with E-state index in [-0.39, 0.29) is 0 Å². The van der Waals surface area contributed by atoms with Crippen molar-refractivity contribution in [3.05, 3.63) is 17.3 Å². The fourth-order valence-corrected chi connectivity index (χ4v) is 1.63. The van der Waals surface area contributed by atoms with Gasteiger partial charge in [-0.3, -0.25) is 0 Å². The first-order valence-corrected chi connectivity index (χ1v) is 5.73. The van der Waals surface area contributed by atoms with Crippen molar-refractivity contribution in [3.8, 4) is 0 Å². The summed E-state index contributed by atoms with van der Waals surface area (Å²) in [5, 5.41) is 3.79. The molecular formula is C11H18ClN3. The number of hydrogen-bond donors (Lipinski definition) is 2. The lowest BCUT2D eigenvalue weighted by Gasteiger charge is -2.17. The molecule has 3 nitrogen and oxygen atoms in total. The van der Waals surface area contributed by atoms with Crippen LogP contribution in [-0.2, 0) is 0 Å². The molecule has 0 aliphatic rings. The van der Waals surface area contributed by atoms with Gasteiger partial charge in [-0.25, -0.2) is 4.98 Å². The van der Waals surface area contributed by atoms with Gasteiger partial charge in [0.1, 0.15) is 5.15 Å². The second-order valence-corrected chi connectivity index (χ2v) is 4.00.